The van der Waals surface area contributed by atoms with Crippen molar-refractivity contribution in [2.24, 2.45) is 15.9 Å². The van der Waals surface area contributed by atoms with Crippen LogP contribution >= 0.6 is 0 Å². The number of nitrogens with zero attached hydrogens (tertiary/aromatic N) is 2. The van der Waals surface area contributed by atoms with Crippen molar-refractivity contribution in [3.05, 3.63) is 11.8 Å². The second-order valence-electron chi connectivity index (χ2n) is 2.21. The number of rotatable bonds is 1. The van der Waals surface area contributed by atoms with Gasteiger partial charge in [-0.3, -0.25) is 4.99 Å². The van der Waals surface area contributed by atoms with Gasteiger partial charge in [0.05, 0.1) is 5.70 Å². The van der Waals surface area contributed by atoms with Gasteiger partial charge in [-0.2, -0.15) is 4.99 Å². The molecule has 1 rings (SSSR count). The third-order valence-electron chi connectivity index (χ3n) is 1.41. The van der Waals surface area contributed by atoms with Crippen molar-refractivity contribution in [2.75, 3.05) is 6.54 Å². The van der Waals surface area contributed by atoms with Crippen molar-refractivity contribution >= 4 is 12.3 Å². The Kier molecular flexibility index (Phi) is 2.13. The molecule has 0 aromatic heterocycles. The summed E-state index contributed by atoms with van der Waals surface area (Å²) in [4.78, 5) is 17.4. The summed E-state index contributed by atoms with van der Waals surface area (Å²) < 4.78 is 0. The number of dihydropyridines is 1. The smallest absolute Gasteiger partial charge is 0.240 e. The molecule has 1 unspecified atom stereocenters. The summed E-state index contributed by atoms with van der Waals surface area (Å²) in [5, 5.41) is 0. The second-order valence-corrected chi connectivity index (χ2v) is 2.21. The first kappa shape index (κ1) is 6.90. The largest absolute Gasteiger partial charge is 0.292 e. The second kappa shape index (κ2) is 3.08. The number of isocyanates is 1. The first-order valence-electron chi connectivity index (χ1n) is 3.12. The minimum absolute atomic E-state index is 0.256. The Morgan fingerprint density at radius 3 is 3.30 bits per heavy atom. The fourth-order valence-electron chi connectivity index (χ4n) is 0.806. The topological polar surface area (TPSA) is 41.8 Å². The normalized spacial score (nSPS) is 23.3. The number of hydrogen-bond donors (Lipinski definition) is 0. The molecule has 1 heterocycles. The van der Waals surface area contributed by atoms with Gasteiger partial charge >= 0.3 is 0 Å². The summed E-state index contributed by atoms with van der Waals surface area (Å²) in [6.07, 6.45) is 4.91. The van der Waals surface area contributed by atoms with E-state index >= 15 is 0 Å². The number of aliphatic imine (C=N–C) groups is 2. The molecule has 0 aromatic carbocycles. The Morgan fingerprint density at radius 1 is 1.90 bits per heavy atom. The lowest BCUT2D eigenvalue weighted by atomic mass is 10.1. The Morgan fingerprint density at radius 2 is 2.70 bits per heavy atom. The van der Waals surface area contributed by atoms with E-state index in [0.717, 1.165) is 12.2 Å². The van der Waals surface area contributed by atoms with Crippen LogP contribution in [0.3, 0.4) is 0 Å². The van der Waals surface area contributed by atoms with E-state index < -0.39 is 0 Å². The highest BCUT2D eigenvalue weighted by molar-refractivity contribution is 5.73. The van der Waals surface area contributed by atoms with Crippen LogP contribution in [-0.2, 0) is 4.79 Å². The van der Waals surface area contributed by atoms with Crippen molar-refractivity contribution in [1.82, 2.24) is 0 Å². The lowest BCUT2D eigenvalue weighted by Crippen LogP contribution is -2.05. The highest BCUT2D eigenvalue weighted by Crippen LogP contribution is 2.13. The third-order valence-corrected chi connectivity index (χ3v) is 1.41. The average molecular weight is 136 g/mol. The predicted octanol–water partition coefficient (Wildman–Crippen LogP) is 0.927. The van der Waals surface area contributed by atoms with Gasteiger partial charge in [0.15, 0.2) is 0 Å². The molecule has 10 heavy (non-hydrogen) atoms. The van der Waals surface area contributed by atoms with Crippen LogP contribution in [0.2, 0.25) is 0 Å². The van der Waals surface area contributed by atoms with Crippen LogP contribution in [0.5, 0.6) is 0 Å². The maximum atomic E-state index is 9.84. The van der Waals surface area contributed by atoms with Gasteiger partial charge < -0.3 is 0 Å². The molecule has 0 amide bonds. The van der Waals surface area contributed by atoms with E-state index in [2.05, 4.69) is 9.98 Å². The Bertz CT molecular complexity index is 224. The van der Waals surface area contributed by atoms with Crippen LogP contribution in [0.1, 0.15) is 6.92 Å². The maximum absolute atomic E-state index is 9.84. The van der Waals surface area contributed by atoms with Gasteiger partial charge in [0.2, 0.25) is 6.08 Å². The molecule has 0 aliphatic carbocycles. The lowest BCUT2D eigenvalue weighted by molar-refractivity contribution is 0.562. The molecule has 3 heteroatoms. The summed E-state index contributed by atoms with van der Waals surface area (Å²) in [6.45, 7) is 2.69. The fraction of sp³-hybridized carbons (Fsp3) is 0.429. The van der Waals surface area contributed by atoms with Gasteiger partial charge in [0, 0.05) is 18.7 Å². The van der Waals surface area contributed by atoms with E-state index in [1.807, 2.05) is 6.92 Å². The van der Waals surface area contributed by atoms with Gasteiger partial charge in [0.1, 0.15) is 0 Å². The molecule has 3 nitrogen and oxygen atoms in total. The molecule has 0 bridgehead atoms. The molecule has 0 saturated carbocycles. The van der Waals surface area contributed by atoms with Gasteiger partial charge in [0.25, 0.3) is 0 Å². The minimum Gasteiger partial charge on any atom is -0.292 e. The molecule has 1 atom stereocenters. The van der Waals surface area contributed by atoms with E-state index in [4.69, 9.17) is 0 Å². The highest BCUT2D eigenvalue weighted by atomic mass is 16.1. The average Bonchev–Trinajstić information content (AvgIpc) is 1.94. The quantitative estimate of drug-likeness (QED) is 0.390. The van der Waals surface area contributed by atoms with Crippen LogP contribution in [0.4, 0.5) is 0 Å². The molecule has 0 saturated heterocycles. The molecule has 0 fully saturated rings. The number of carbonyl (C=O) groups excluding carboxylic acids is 1. The van der Waals surface area contributed by atoms with E-state index in [0.29, 0.717) is 0 Å². The monoisotopic (exact) mass is 136 g/mol. The maximum Gasteiger partial charge on any atom is 0.240 e. The molecule has 0 radical (unpaired) electrons. The van der Waals surface area contributed by atoms with Gasteiger partial charge in [-0.05, 0) is 6.08 Å². The van der Waals surface area contributed by atoms with Crippen molar-refractivity contribution in [2.45, 2.75) is 6.92 Å². The number of hydrogen-bond acceptors (Lipinski definition) is 3. The number of allylic oxidation sites excluding steroid dienone is 1. The van der Waals surface area contributed by atoms with E-state index in [1.165, 1.54) is 6.08 Å². The van der Waals surface area contributed by atoms with Gasteiger partial charge in [-0.25, -0.2) is 4.79 Å². The first-order chi connectivity index (χ1) is 4.84. The van der Waals surface area contributed by atoms with E-state index in [9.17, 15) is 4.79 Å². The van der Waals surface area contributed by atoms with Crippen molar-refractivity contribution < 1.29 is 4.79 Å². The van der Waals surface area contributed by atoms with Crippen molar-refractivity contribution in [3.63, 3.8) is 0 Å². The van der Waals surface area contributed by atoms with Gasteiger partial charge in [-0.1, -0.05) is 6.92 Å². The molecular formula is C7H8N2O. The van der Waals surface area contributed by atoms with Crippen LogP contribution in [0, 0.1) is 5.92 Å². The zero-order valence-corrected chi connectivity index (χ0v) is 5.74. The zero-order chi connectivity index (χ0) is 7.40. The predicted molar refractivity (Wildman–Crippen MR) is 38.7 cm³/mol. The van der Waals surface area contributed by atoms with Crippen LogP contribution in [-0.4, -0.2) is 18.8 Å². The molecular weight excluding hydrogens is 128 g/mol. The Balaban J connectivity index is 2.80. The van der Waals surface area contributed by atoms with Crippen LogP contribution in [0.25, 0.3) is 0 Å². The lowest BCUT2D eigenvalue weighted by Gasteiger charge is -2.09. The van der Waals surface area contributed by atoms with Crippen LogP contribution in [0.15, 0.2) is 21.8 Å². The molecule has 52 valence electrons. The van der Waals surface area contributed by atoms with E-state index in [-0.39, 0.29) is 5.92 Å². The molecule has 0 aromatic rings. The highest BCUT2D eigenvalue weighted by Gasteiger charge is 2.08. The van der Waals surface area contributed by atoms with Crippen LogP contribution < -0.4 is 0 Å². The minimum atomic E-state index is 0.256. The summed E-state index contributed by atoms with van der Waals surface area (Å²) >= 11 is 0. The summed E-state index contributed by atoms with van der Waals surface area (Å²) in [5.74, 6) is 0.256. The van der Waals surface area contributed by atoms with Gasteiger partial charge in [-0.15, -0.1) is 0 Å². The molecule has 0 N–H and O–H groups in total. The zero-order valence-electron chi connectivity index (χ0n) is 5.74. The SMILES string of the molecule is CC1CN=CC=C1N=C=O. The third kappa shape index (κ3) is 1.39. The Hall–Kier alpha value is -1.21. The molecule has 1 aliphatic rings. The fourth-order valence-corrected chi connectivity index (χ4v) is 0.806. The summed E-state index contributed by atoms with van der Waals surface area (Å²) in [7, 11) is 0. The summed E-state index contributed by atoms with van der Waals surface area (Å²) in [5.41, 5.74) is 0.769. The van der Waals surface area contributed by atoms with E-state index in [1.54, 1.807) is 12.3 Å². The van der Waals surface area contributed by atoms with Crippen molar-refractivity contribution in [3.8, 4) is 0 Å². The molecule has 0 spiro atoms. The Labute approximate surface area is 59.2 Å². The van der Waals surface area contributed by atoms with Crippen molar-refractivity contribution in [1.29, 1.82) is 0 Å². The first-order valence-corrected chi connectivity index (χ1v) is 3.12. The standard InChI is InChI=1S/C7H8N2O/c1-6-4-8-3-2-7(6)9-5-10/h2-3,6H,4H2,1H3. The summed E-state index contributed by atoms with van der Waals surface area (Å²) in [6, 6.07) is 0. The molecule has 1 aliphatic heterocycles.